The summed E-state index contributed by atoms with van der Waals surface area (Å²) in [5.41, 5.74) is 8.40. The summed E-state index contributed by atoms with van der Waals surface area (Å²) >= 11 is 0. The molecule has 0 saturated carbocycles. The lowest BCUT2D eigenvalue weighted by Gasteiger charge is -2.39. The van der Waals surface area contributed by atoms with Crippen molar-refractivity contribution in [2.75, 3.05) is 57.7 Å². The molecule has 7 amide bonds. The Morgan fingerprint density at radius 1 is 0.865 bits per heavy atom. The maximum absolute atomic E-state index is 14.0. The quantitative estimate of drug-likeness (QED) is 0.00905. The Hall–Kier alpha value is -8.36. The normalized spacial score (nSPS) is 23.7. The van der Waals surface area contributed by atoms with E-state index in [1.807, 2.05) is 69.3 Å². The van der Waals surface area contributed by atoms with Crippen molar-refractivity contribution in [3.63, 3.8) is 0 Å². The number of epoxide rings is 1. The van der Waals surface area contributed by atoms with Gasteiger partial charge in [-0.15, -0.1) is 0 Å². The van der Waals surface area contributed by atoms with Crippen LogP contribution in [0.5, 0.6) is 0 Å². The van der Waals surface area contributed by atoms with Crippen molar-refractivity contribution in [2.24, 2.45) is 23.5 Å². The molecule has 3 aliphatic heterocycles. The molecule has 25 nitrogen and oxygen atoms in total. The van der Waals surface area contributed by atoms with E-state index in [1.165, 1.54) is 11.8 Å². The lowest BCUT2D eigenvalue weighted by Crippen LogP contribution is -2.54. The number of hydrogen-bond acceptors (Lipinski definition) is 18. The van der Waals surface area contributed by atoms with Crippen LogP contribution < -0.4 is 32.3 Å². The molecule has 2 saturated heterocycles. The molecule has 524 valence electrons. The Morgan fingerprint density at radius 2 is 1.53 bits per heavy atom. The van der Waals surface area contributed by atoms with Crippen LogP contribution >= 0.6 is 0 Å². The second kappa shape index (κ2) is 35.1. The molecule has 0 radical (unpaired) electrons. The van der Waals surface area contributed by atoms with Gasteiger partial charge in [-0.05, 0) is 110 Å². The number of carbonyl (C=O) groups excluding carboxylic acids is 8. The lowest BCUT2D eigenvalue weighted by molar-refractivity contribution is -0.168. The number of aliphatic hydroxyl groups is 3. The highest BCUT2D eigenvalue weighted by Crippen LogP contribution is 2.45. The van der Waals surface area contributed by atoms with Gasteiger partial charge in [-0.3, -0.25) is 24.1 Å². The van der Waals surface area contributed by atoms with Crippen molar-refractivity contribution in [2.45, 2.75) is 180 Å². The number of hydrogen-bond donors (Lipinski definition) is 9. The number of amides is 7. The van der Waals surface area contributed by atoms with Crippen LogP contribution in [0, 0.1) is 17.8 Å². The molecule has 3 aromatic carbocycles. The number of piperazine rings is 1. The standard InChI is InChI=1S/C71H98N8O17/c1-10-57(82)46(6)63-58(93-63)40-70(8,90)30-15-17-44(4)62-45(5)23-28-59(71(9,96-47(7)80)31-29-50(81)39-60(83)95-62)94-69(89)79-37-35-78(36-38-79)34-33-74-67(87)91-41-48-24-26-49(27-25-48)75-64(84)56(22-16-32-73-66(72)86)76-65(85)61(43(2)3)77-68(88)92-42-55-53-20-13-11-18-51(53)52-19-12-14-21-54(52)55/h11-15,17-21,23-28,30,43,45-46,50,55-59,61-63,81-82,90H,10,16,22,29,31-42H2,1-9H3,(H,74,87)(H,75,84)(H,76,85)(H,77,88)(H3,72,73,86)/b28-23-,30-15+,44-17+/t45-,46+,50+,56-,57-,58+,59-,61-,62+,63+,70-,71+/m0/s1. The Balaban J connectivity index is 0.864. The summed E-state index contributed by atoms with van der Waals surface area (Å²) in [5.74, 6) is -3.63. The Morgan fingerprint density at radius 3 is 2.17 bits per heavy atom. The van der Waals surface area contributed by atoms with Gasteiger partial charge in [0.25, 0.3) is 0 Å². The molecule has 0 bridgehead atoms. The first-order chi connectivity index (χ1) is 45.6. The van der Waals surface area contributed by atoms with E-state index in [1.54, 1.807) is 89.3 Å². The van der Waals surface area contributed by atoms with Crippen LogP contribution in [0.15, 0.2) is 109 Å². The fourth-order valence-electron chi connectivity index (χ4n) is 12.3. The van der Waals surface area contributed by atoms with E-state index in [2.05, 4.69) is 31.5 Å². The van der Waals surface area contributed by atoms with E-state index in [0.29, 0.717) is 49.3 Å². The maximum atomic E-state index is 14.0. The van der Waals surface area contributed by atoms with Crippen molar-refractivity contribution in [3.05, 3.63) is 125 Å². The number of aliphatic hydroxyl groups excluding tert-OH is 2. The highest BCUT2D eigenvalue weighted by atomic mass is 16.6. The summed E-state index contributed by atoms with van der Waals surface area (Å²) < 4.78 is 35.0. The van der Waals surface area contributed by atoms with Gasteiger partial charge in [-0.1, -0.05) is 120 Å². The molecule has 96 heavy (non-hydrogen) atoms. The van der Waals surface area contributed by atoms with Crippen LogP contribution in [0.2, 0.25) is 0 Å². The molecule has 12 atom stereocenters. The number of cyclic esters (lactones) is 1. The topological polar surface area (TPSA) is 349 Å². The minimum absolute atomic E-state index is 0.00911. The molecule has 0 spiro atoms. The summed E-state index contributed by atoms with van der Waals surface area (Å²) in [5, 5.41) is 46.1. The Kier molecular flexibility index (Phi) is 27.4. The third-order valence-electron chi connectivity index (χ3n) is 18.0. The summed E-state index contributed by atoms with van der Waals surface area (Å²) in [6.07, 6.45) is 3.30. The number of fused-ring (bicyclic) bond motifs is 3. The van der Waals surface area contributed by atoms with Crippen molar-refractivity contribution in [1.29, 1.82) is 0 Å². The van der Waals surface area contributed by atoms with Crippen molar-refractivity contribution in [3.8, 4) is 11.1 Å². The molecule has 3 aromatic rings. The first kappa shape index (κ1) is 75.0. The second-order valence-electron chi connectivity index (χ2n) is 26.3. The fraction of sp³-hybridized carbons (Fsp3) is 0.549. The molecule has 7 rings (SSSR count). The van der Waals surface area contributed by atoms with E-state index in [4.69, 9.17) is 34.2 Å². The minimum atomic E-state index is -1.45. The smallest absolute Gasteiger partial charge is 0.410 e. The zero-order valence-electron chi connectivity index (χ0n) is 56.6. The maximum Gasteiger partial charge on any atom is 0.410 e. The van der Waals surface area contributed by atoms with Gasteiger partial charge in [0, 0.05) is 82.6 Å². The van der Waals surface area contributed by atoms with Crippen molar-refractivity contribution < 1.29 is 82.1 Å². The number of allylic oxidation sites excluding steroid dienone is 2. The predicted molar refractivity (Wildman–Crippen MR) is 358 cm³/mol. The number of alkyl carbamates (subject to hydrolysis) is 2. The largest absolute Gasteiger partial charge is 0.457 e. The van der Waals surface area contributed by atoms with Gasteiger partial charge in [0.1, 0.15) is 37.0 Å². The number of primary amides is 1. The van der Waals surface area contributed by atoms with Crippen LogP contribution in [-0.4, -0.2) is 186 Å². The first-order valence-corrected chi connectivity index (χ1v) is 33.2. The van der Waals surface area contributed by atoms with Gasteiger partial charge in [0.2, 0.25) is 11.8 Å². The fourth-order valence-corrected chi connectivity index (χ4v) is 12.3. The van der Waals surface area contributed by atoms with Gasteiger partial charge >= 0.3 is 36.2 Å². The monoisotopic (exact) mass is 1330 g/mol. The Bertz CT molecular complexity index is 3210. The molecule has 2 fully saturated rings. The van der Waals surface area contributed by atoms with Gasteiger partial charge in [0.05, 0.1) is 36.4 Å². The van der Waals surface area contributed by atoms with Gasteiger partial charge in [-0.25, -0.2) is 19.2 Å². The zero-order chi connectivity index (χ0) is 69.9. The lowest BCUT2D eigenvalue weighted by atomic mass is 9.88. The van der Waals surface area contributed by atoms with Gasteiger partial charge in [-0.2, -0.15) is 0 Å². The molecule has 10 N–H and O–H groups in total. The van der Waals surface area contributed by atoms with Crippen molar-refractivity contribution >= 4 is 53.8 Å². The number of benzene rings is 3. The number of carbonyl (C=O) groups is 8. The number of urea groups is 1. The van der Waals surface area contributed by atoms with Gasteiger partial charge < -0.3 is 81.0 Å². The predicted octanol–water partition coefficient (Wildman–Crippen LogP) is 7.26. The molecule has 4 aliphatic rings. The van der Waals surface area contributed by atoms with E-state index >= 15 is 0 Å². The first-order valence-electron chi connectivity index (χ1n) is 33.2. The van der Waals surface area contributed by atoms with Crippen LogP contribution in [0.25, 0.3) is 11.1 Å². The third-order valence-corrected chi connectivity index (χ3v) is 18.0. The summed E-state index contributed by atoms with van der Waals surface area (Å²) in [4.78, 5) is 109. The average molecular weight is 1340 g/mol. The SMILES string of the molecule is CC[C@H](O)[C@@H](C)[C@H]1O[C@@H]1C[C@@](C)(O)/C=C/C=C(\C)[C@H]1OC(=O)C[C@H](O)CC[C@@](C)(OC(C)=O)[C@@H](OC(=O)N2CCN(CCNC(=O)OCc3ccc(NC(=O)[C@H](CCCNC(N)=O)NC(=O)[C@@H](NC(=O)OCC4c5ccccc5-c5ccccc54)C(C)C)cc3)CC2)/C=C\[C@@H]1C. The van der Waals surface area contributed by atoms with Crippen LogP contribution in [0.4, 0.5) is 24.9 Å². The molecule has 0 unspecified atom stereocenters. The molecule has 1 aliphatic carbocycles. The number of nitrogens with one attached hydrogen (secondary N) is 5. The highest BCUT2D eigenvalue weighted by Gasteiger charge is 2.47. The number of ether oxygens (including phenoxy) is 6. The summed E-state index contributed by atoms with van der Waals surface area (Å²) in [6.45, 7) is 17.7. The molecule has 0 aromatic heterocycles. The molecule has 3 heterocycles. The number of rotatable bonds is 27. The number of nitrogens with zero attached hydrogens (tertiary/aromatic N) is 2. The zero-order valence-corrected chi connectivity index (χ0v) is 56.6. The van der Waals surface area contributed by atoms with E-state index in [9.17, 15) is 53.7 Å². The van der Waals surface area contributed by atoms with E-state index in [0.717, 1.165) is 22.3 Å². The molecular weight excluding hydrogens is 1240 g/mol. The summed E-state index contributed by atoms with van der Waals surface area (Å²) in [7, 11) is 0. The van der Waals surface area contributed by atoms with E-state index in [-0.39, 0.29) is 95.5 Å². The minimum Gasteiger partial charge on any atom is -0.457 e. The average Bonchev–Trinajstić information content (AvgIpc) is 1.64. The number of esters is 2. The third kappa shape index (κ3) is 22.1. The molecular formula is C71H98N8O17. The summed E-state index contributed by atoms with van der Waals surface area (Å²) in [6, 6.07) is 19.5. The second-order valence-corrected chi connectivity index (χ2v) is 26.3. The number of nitrogens with two attached hydrogens (primary N) is 1. The van der Waals surface area contributed by atoms with Crippen LogP contribution in [-0.2, 0) is 54.2 Å². The number of anilines is 1. The van der Waals surface area contributed by atoms with Crippen LogP contribution in [0.3, 0.4) is 0 Å². The Labute approximate surface area is 562 Å². The van der Waals surface area contributed by atoms with Gasteiger partial charge in [0.15, 0.2) is 6.10 Å². The highest BCUT2D eigenvalue weighted by molar-refractivity contribution is 5.98. The van der Waals surface area contributed by atoms with Crippen molar-refractivity contribution in [1.82, 2.24) is 31.1 Å². The van der Waals surface area contributed by atoms with E-state index < -0.39 is 108 Å². The molecule has 25 heteroatoms. The van der Waals surface area contributed by atoms with Crippen LogP contribution in [0.1, 0.15) is 130 Å².